The summed E-state index contributed by atoms with van der Waals surface area (Å²) in [5, 5.41) is 0. The van der Waals surface area contributed by atoms with Crippen LogP contribution in [0.1, 0.15) is 25.7 Å². The van der Waals surface area contributed by atoms with Gasteiger partial charge in [0, 0.05) is 32.1 Å². The SMILES string of the molecule is C=CC(=O)N1CCCC(N2CCCC2=O)C1. The Labute approximate surface area is 95.9 Å². The molecule has 0 saturated carbocycles. The van der Waals surface area contributed by atoms with Gasteiger partial charge in [-0.1, -0.05) is 6.58 Å². The molecule has 1 unspecified atom stereocenters. The number of piperidine rings is 1. The predicted octanol–water partition coefficient (Wildman–Crippen LogP) is 0.786. The lowest BCUT2D eigenvalue weighted by Gasteiger charge is -2.37. The van der Waals surface area contributed by atoms with Gasteiger partial charge in [-0.15, -0.1) is 0 Å². The number of rotatable bonds is 2. The van der Waals surface area contributed by atoms with Crippen molar-refractivity contribution in [1.82, 2.24) is 9.80 Å². The average Bonchev–Trinajstić information content (AvgIpc) is 2.74. The van der Waals surface area contributed by atoms with E-state index in [1.54, 1.807) is 4.90 Å². The van der Waals surface area contributed by atoms with E-state index in [9.17, 15) is 9.59 Å². The first-order valence-corrected chi connectivity index (χ1v) is 5.93. The zero-order chi connectivity index (χ0) is 11.5. The Morgan fingerprint density at radius 1 is 1.38 bits per heavy atom. The standard InChI is InChI=1S/C12H18N2O2/c1-2-11(15)13-7-3-5-10(9-13)14-8-4-6-12(14)16/h2,10H,1,3-9H2. The van der Waals surface area contributed by atoms with Gasteiger partial charge in [-0.2, -0.15) is 0 Å². The van der Waals surface area contributed by atoms with Crippen molar-refractivity contribution >= 4 is 11.8 Å². The molecule has 2 saturated heterocycles. The number of nitrogens with zero attached hydrogens (tertiary/aromatic N) is 2. The highest BCUT2D eigenvalue weighted by molar-refractivity contribution is 5.87. The lowest BCUT2D eigenvalue weighted by molar-refractivity contribution is -0.134. The Bertz CT molecular complexity index is 314. The molecule has 0 aromatic carbocycles. The monoisotopic (exact) mass is 222 g/mol. The van der Waals surface area contributed by atoms with Crippen LogP contribution in [0.5, 0.6) is 0 Å². The molecule has 88 valence electrons. The second kappa shape index (κ2) is 4.68. The first kappa shape index (κ1) is 11.2. The van der Waals surface area contributed by atoms with E-state index in [0.29, 0.717) is 13.0 Å². The number of carbonyl (C=O) groups is 2. The summed E-state index contributed by atoms with van der Waals surface area (Å²) in [4.78, 5) is 26.9. The smallest absolute Gasteiger partial charge is 0.246 e. The summed E-state index contributed by atoms with van der Waals surface area (Å²) in [6, 6.07) is 0.229. The third-order valence-electron chi connectivity index (χ3n) is 3.43. The van der Waals surface area contributed by atoms with Crippen LogP contribution >= 0.6 is 0 Å². The second-order valence-electron chi connectivity index (χ2n) is 4.48. The van der Waals surface area contributed by atoms with E-state index in [2.05, 4.69) is 6.58 Å². The van der Waals surface area contributed by atoms with Crippen molar-refractivity contribution in [2.45, 2.75) is 31.7 Å². The van der Waals surface area contributed by atoms with Crippen molar-refractivity contribution in [2.24, 2.45) is 0 Å². The van der Waals surface area contributed by atoms with Crippen molar-refractivity contribution in [3.8, 4) is 0 Å². The first-order valence-electron chi connectivity index (χ1n) is 5.93. The number of likely N-dealkylation sites (tertiary alicyclic amines) is 2. The van der Waals surface area contributed by atoms with Gasteiger partial charge in [0.05, 0.1) is 0 Å². The number of hydrogen-bond donors (Lipinski definition) is 0. The molecule has 4 nitrogen and oxygen atoms in total. The topological polar surface area (TPSA) is 40.6 Å². The maximum absolute atomic E-state index is 11.6. The predicted molar refractivity (Wildman–Crippen MR) is 60.7 cm³/mol. The van der Waals surface area contributed by atoms with Crippen LogP contribution in [0.2, 0.25) is 0 Å². The van der Waals surface area contributed by atoms with Gasteiger partial charge in [0.25, 0.3) is 0 Å². The molecular weight excluding hydrogens is 204 g/mol. The Hall–Kier alpha value is -1.32. The molecule has 2 aliphatic rings. The van der Waals surface area contributed by atoms with Gasteiger partial charge in [0.2, 0.25) is 11.8 Å². The summed E-state index contributed by atoms with van der Waals surface area (Å²) in [7, 11) is 0. The minimum Gasteiger partial charge on any atom is -0.338 e. The van der Waals surface area contributed by atoms with Gasteiger partial charge >= 0.3 is 0 Å². The normalized spacial score (nSPS) is 26.0. The van der Waals surface area contributed by atoms with Crippen molar-refractivity contribution in [3.05, 3.63) is 12.7 Å². The van der Waals surface area contributed by atoms with Crippen LogP contribution in [0.25, 0.3) is 0 Å². The van der Waals surface area contributed by atoms with E-state index in [1.165, 1.54) is 6.08 Å². The third-order valence-corrected chi connectivity index (χ3v) is 3.43. The van der Waals surface area contributed by atoms with E-state index < -0.39 is 0 Å². The van der Waals surface area contributed by atoms with Crippen LogP contribution in [0.4, 0.5) is 0 Å². The minimum absolute atomic E-state index is 0.0173. The van der Waals surface area contributed by atoms with E-state index in [-0.39, 0.29) is 17.9 Å². The number of amides is 2. The maximum atomic E-state index is 11.6. The van der Waals surface area contributed by atoms with Gasteiger partial charge in [-0.3, -0.25) is 9.59 Å². The molecule has 0 radical (unpaired) electrons. The summed E-state index contributed by atoms with van der Waals surface area (Å²) in [6.07, 6.45) is 4.99. The van der Waals surface area contributed by atoms with Crippen molar-refractivity contribution < 1.29 is 9.59 Å². The summed E-state index contributed by atoms with van der Waals surface area (Å²) in [6.45, 7) is 5.83. The Morgan fingerprint density at radius 3 is 2.81 bits per heavy atom. The fraction of sp³-hybridized carbons (Fsp3) is 0.667. The molecule has 0 N–H and O–H groups in total. The van der Waals surface area contributed by atoms with Crippen LogP contribution in [-0.2, 0) is 9.59 Å². The van der Waals surface area contributed by atoms with Crippen LogP contribution in [0.15, 0.2) is 12.7 Å². The van der Waals surface area contributed by atoms with Crippen LogP contribution < -0.4 is 0 Å². The first-order chi connectivity index (χ1) is 7.72. The van der Waals surface area contributed by atoms with Crippen molar-refractivity contribution in [3.63, 3.8) is 0 Å². The minimum atomic E-state index is -0.0173. The summed E-state index contributed by atoms with van der Waals surface area (Å²) in [5.41, 5.74) is 0. The highest BCUT2D eigenvalue weighted by atomic mass is 16.2. The molecule has 2 rings (SSSR count). The van der Waals surface area contributed by atoms with Crippen LogP contribution in [0.3, 0.4) is 0 Å². The average molecular weight is 222 g/mol. The quantitative estimate of drug-likeness (QED) is 0.648. The molecule has 2 heterocycles. The van der Waals surface area contributed by atoms with Gasteiger partial charge < -0.3 is 9.80 Å². The molecule has 0 aromatic rings. The Balaban J connectivity index is 1.98. The maximum Gasteiger partial charge on any atom is 0.246 e. The van der Waals surface area contributed by atoms with E-state index >= 15 is 0 Å². The summed E-state index contributed by atoms with van der Waals surface area (Å²) >= 11 is 0. The van der Waals surface area contributed by atoms with Crippen molar-refractivity contribution in [2.75, 3.05) is 19.6 Å². The van der Waals surface area contributed by atoms with Crippen LogP contribution in [-0.4, -0.2) is 47.3 Å². The molecule has 1 atom stereocenters. The highest BCUT2D eigenvalue weighted by Gasteiger charge is 2.32. The molecule has 0 aromatic heterocycles. The fourth-order valence-corrected chi connectivity index (χ4v) is 2.59. The molecular formula is C12H18N2O2. The lowest BCUT2D eigenvalue weighted by Crippen LogP contribution is -2.49. The van der Waals surface area contributed by atoms with Gasteiger partial charge in [0.1, 0.15) is 0 Å². The Kier molecular flexibility index (Phi) is 3.27. The molecule has 0 bridgehead atoms. The zero-order valence-corrected chi connectivity index (χ0v) is 9.52. The lowest BCUT2D eigenvalue weighted by atomic mass is 10.0. The molecule has 0 spiro atoms. The molecule has 4 heteroatoms. The Morgan fingerprint density at radius 2 is 2.19 bits per heavy atom. The van der Waals surface area contributed by atoms with Crippen molar-refractivity contribution in [1.29, 1.82) is 0 Å². The molecule has 2 amide bonds. The molecule has 0 aliphatic carbocycles. The van der Waals surface area contributed by atoms with E-state index in [4.69, 9.17) is 0 Å². The van der Waals surface area contributed by atoms with Crippen LogP contribution in [0, 0.1) is 0 Å². The highest BCUT2D eigenvalue weighted by Crippen LogP contribution is 2.21. The molecule has 2 fully saturated rings. The zero-order valence-electron chi connectivity index (χ0n) is 9.52. The van der Waals surface area contributed by atoms with Gasteiger partial charge in [-0.05, 0) is 25.3 Å². The second-order valence-corrected chi connectivity index (χ2v) is 4.48. The number of hydrogen-bond acceptors (Lipinski definition) is 2. The van der Waals surface area contributed by atoms with Gasteiger partial charge in [-0.25, -0.2) is 0 Å². The fourth-order valence-electron chi connectivity index (χ4n) is 2.59. The molecule has 2 aliphatic heterocycles. The number of carbonyl (C=O) groups excluding carboxylic acids is 2. The van der Waals surface area contributed by atoms with E-state index in [0.717, 1.165) is 32.4 Å². The summed E-state index contributed by atoms with van der Waals surface area (Å²) < 4.78 is 0. The van der Waals surface area contributed by atoms with E-state index in [1.807, 2.05) is 4.90 Å². The largest absolute Gasteiger partial charge is 0.338 e. The molecule has 16 heavy (non-hydrogen) atoms. The van der Waals surface area contributed by atoms with Gasteiger partial charge in [0.15, 0.2) is 0 Å². The summed E-state index contributed by atoms with van der Waals surface area (Å²) in [5.74, 6) is 0.231. The third kappa shape index (κ3) is 2.10.